The highest BCUT2D eigenvalue weighted by atomic mass is 32.2. The van der Waals surface area contributed by atoms with Crippen LogP contribution in [0.1, 0.15) is 50.0 Å². The van der Waals surface area contributed by atoms with Gasteiger partial charge in [-0.2, -0.15) is 0 Å². The fourth-order valence-electron chi connectivity index (χ4n) is 3.61. The average molecular weight is 361 g/mol. The lowest BCUT2D eigenvalue weighted by atomic mass is 10.1. The standard InChI is InChI=1S/C19H24FN3OS/c1-13(2)22(15-6-4-5-7-15)18(24)17-12-21-19(25-3)23(17)16-10-8-14(20)9-11-16/h8-13,15H,4-7H2,1-3H3. The van der Waals surface area contributed by atoms with Gasteiger partial charge in [-0.1, -0.05) is 24.6 Å². The molecule has 1 aromatic carbocycles. The molecule has 1 amide bonds. The van der Waals surface area contributed by atoms with E-state index >= 15 is 0 Å². The number of nitrogens with zero attached hydrogens (tertiary/aromatic N) is 3. The van der Waals surface area contributed by atoms with Crippen LogP contribution in [0.2, 0.25) is 0 Å². The molecule has 6 heteroatoms. The summed E-state index contributed by atoms with van der Waals surface area (Å²) in [6, 6.07) is 6.60. The molecule has 1 aliphatic carbocycles. The number of rotatable bonds is 5. The van der Waals surface area contributed by atoms with Crippen LogP contribution in [0.4, 0.5) is 4.39 Å². The number of hydrogen-bond donors (Lipinski definition) is 0. The van der Waals surface area contributed by atoms with E-state index in [1.165, 1.54) is 36.7 Å². The molecule has 0 aliphatic heterocycles. The first-order chi connectivity index (χ1) is 12.0. The minimum absolute atomic E-state index is 0.000903. The summed E-state index contributed by atoms with van der Waals surface area (Å²) in [5.74, 6) is -0.295. The zero-order valence-electron chi connectivity index (χ0n) is 14.9. The highest BCUT2D eigenvalue weighted by Crippen LogP contribution is 2.29. The lowest BCUT2D eigenvalue weighted by Crippen LogP contribution is -2.44. The topological polar surface area (TPSA) is 38.1 Å². The van der Waals surface area contributed by atoms with Crippen molar-refractivity contribution >= 4 is 17.7 Å². The Bertz CT molecular complexity index is 736. The third-order valence-corrected chi connectivity index (χ3v) is 5.38. The molecular weight excluding hydrogens is 337 g/mol. The zero-order chi connectivity index (χ0) is 18.0. The summed E-state index contributed by atoms with van der Waals surface area (Å²) in [7, 11) is 0. The second kappa shape index (κ2) is 7.60. The number of benzene rings is 1. The van der Waals surface area contributed by atoms with Crippen LogP contribution in [-0.4, -0.2) is 38.7 Å². The summed E-state index contributed by atoms with van der Waals surface area (Å²) in [5.41, 5.74) is 1.29. The Morgan fingerprint density at radius 2 is 1.92 bits per heavy atom. The van der Waals surface area contributed by atoms with Gasteiger partial charge >= 0.3 is 0 Å². The molecule has 1 heterocycles. The van der Waals surface area contributed by atoms with Crippen molar-refractivity contribution < 1.29 is 9.18 Å². The molecule has 1 fully saturated rings. The molecule has 4 nitrogen and oxygen atoms in total. The van der Waals surface area contributed by atoms with Gasteiger partial charge in [0.05, 0.1) is 6.20 Å². The molecule has 0 atom stereocenters. The fourth-order valence-corrected chi connectivity index (χ4v) is 4.15. The van der Waals surface area contributed by atoms with E-state index in [9.17, 15) is 9.18 Å². The lowest BCUT2D eigenvalue weighted by Gasteiger charge is -2.33. The summed E-state index contributed by atoms with van der Waals surface area (Å²) in [6.07, 6.45) is 8.03. The van der Waals surface area contributed by atoms with Crippen LogP contribution in [0.3, 0.4) is 0 Å². The Balaban J connectivity index is 2.02. The van der Waals surface area contributed by atoms with Crippen LogP contribution >= 0.6 is 11.8 Å². The van der Waals surface area contributed by atoms with E-state index in [4.69, 9.17) is 0 Å². The summed E-state index contributed by atoms with van der Waals surface area (Å²) >= 11 is 1.47. The first-order valence-electron chi connectivity index (χ1n) is 8.73. The third kappa shape index (κ3) is 3.59. The Labute approximate surface area is 152 Å². The van der Waals surface area contributed by atoms with E-state index in [1.54, 1.807) is 18.3 Å². The smallest absolute Gasteiger partial charge is 0.273 e. The molecule has 1 saturated carbocycles. The predicted molar refractivity (Wildman–Crippen MR) is 98.9 cm³/mol. The molecule has 134 valence electrons. The van der Waals surface area contributed by atoms with E-state index in [-0.39, 0.29) is 17.8 Å². The van der Waals surface area contributed by atoms with Crippen LogP contribution in [0.5, 0.6) is 0 Å². The average Bonchev–Trinajstić information content (AvgIpc) is 3.24. The predicted octanol–water partition coefficient (Wildman–Crippen LogP) is 4.53. The Morgan fingerprint density at radius 1 is 1.28 bits per heavy atom. The molecule has 1 aromatic heterocycles. The minimum Gasteiger partial charge on any atom is -0.332 e. The van der Waals surface area contributed by atoms with Crippen molar-refractivity contribution in [3.05, 3.63) is 42.0 Å². The quantitative estimate of drug-likeness (QED) is 0.735. The van der Waals surface area contributed by atoms with E-state index in [1.807, 2.05) is 15.7 Å². The lowest BCUT2D eigenvalue weighted by molar-refractivity contribution is 0.0604. The molecule has 0 N–H and O–H groups in total. The second-order valence-corrected chi connectivity index (χ2v) is 7.46. The van der Waals surface area contributed by atoms with Crippen molar-refractivity contribution in [1.29, 1.82) is 0 Å². The van der Waals surface area contributed by atoms with Gasteiger partial charge in [-0.3, -0.25) is 9.36 Å². The Hall–Kier alpha value is -1.82. The summed E-state index contributed by atoms with van der Waals surface area (Å²) in [6.45, 7) is 4.12. The van der Waals surface area contributed by atoms with E-state index in [0.29, 0.717) is 11.7 Å². The molecule has 0 saturated heterocycles. The Morgan fingerprint density at radius 3 is 2.48 bits per heavy atom. The SMILES string of the molecule is CSc1ncc(C(=O)N(C(C)C)C2CCCC2)n1-c1ccc(F)cc1. The molecule has 25 heavy (non-hydrogen) atoms. The number of thioether (sulfide) groups is 1. The highest BCUT2D eigenvalue weighted by molar-refractivity contribution is 7.98. The summed E-state index contributed by atoms with van der Waals surface area (Å²) in [4.78, 5) is 19.7. The largest absolute Gasteiger partial charge is 0.332 e. The van der Waals surface area contributed by atoms with Crippen molar-refractivity contribution in [2.75, 3.05) is 6.26 Å². The van der Waals surface area contributed by atoms with Gasteiger partial charge in [0.2, 0.25) is 0 Å². The van der Waals surface area contributed by atoms with Crippen LogP contribution in [-0.2, 0) is 0 Å². The number of carbonyl (C=O) groups is 1. The third-order valence-electron chi connectivity index (χ3n) is 4.72. The highest BCUT2D eigenvalue weighted by Gasteiger charge is 2.31. The summed E-state index contributed by atoms with van der Waals surface area (Å²) < 4.78 is 15.1. The van der Waals surface area contributed by atoms with Gasteiger partial charge < -0.3 is 4.90 Å². The van der Waals surface area contributed by atoms with Gasteiger partial charge in [-0.25, -0.2) is 9.37 Å². The van der Waals surface area contributed by atoms with Gasteiger partial charge in [0, 0.05) is 17.8 Å². The van der Waals surface area contributed by atoms with Gasteiger partial charge in [0.1, 0.15) is 11.5 Å². The van der Waals surface area contributed by atoms with E-state index in [0.717, 1.165) is 23.7 Å². The zero-order valence-corrected chi connectivity index (χ0v) is 15.7. The normalized spacial score (nSPS) is 15.1. The number of amides is 1. The molecule has 3 rings (SSSR count). The van der Waals surface area contributed by atoms with Gasteiger partial charge in [-0.05, 0) is 57.2 Å². The number of halogens is 1. The van der Waals surface area contributed by atoms with Gasteiger partial charge in [0.15, 0.2) is 5.16 Å². The molecule has 1 aliphatic rings. The van der Waals surface area contributed by atoms with E-state index < -0.39 is 0 Å². The van der Waals surface area contributed by atoms with Gasteiger partial charge in [0.25, 0.3) is 5.91 Å². The van der Waals surface area contributed by atoms with Gasteiger partial charge in [-0.15, -0.1) is 0 Å². The number of aromatic nitrogens is 2. The first kappa shape index (κ1) is 18.0. The van der Waals surface area contributed by atoms with Crippen molar-refractivity contribution in [2.45, 2.75) is 56.8 Å². The fraction of sp³-hybridized carbons (Fsp3) is 0.474. The molecule has 0 unspecified atom stereocenters. The van der Waals surface area contributed by atoms with Crippen LogP contribution in [0, 0.1) is 5.82 Å². The molecule has 2 aromatic rings. The van der Waals surface area contributed by atoms with Crippen molar-refractivity contribution in [3.63, 3.8) is 0 Å². The van der Waals surface area contributed by atoms with Crippen molar-refractivity contribution in [1.82, 2.24) is 14.5 Å². The molecule has 0 spiro atoms. The molecule has 0 bridgehead atoms. The minimum atomic E-state index is -0.294. The monoisotopic (exact) mass is 361 g/mol. The first-order valence-corrected chi connectivity index (χ1v) is 9.95. The number of hydrogen-bond acceptors (Lipinski definition) is 3. The maximum Gasteiger partial charge on any atom is 0.273 e. The second-order valence-electron chi connectivity index (χ2n) is 6.69. The maximum atomic E-state index is 13.3. The van der Waals surface area contributed by atoms with Crippen molar-refractivity contribution in [2.24, 2.45) is 0 Å². The Kier molecular flexibility index (Phi) is 5.47. The number of carbonyl (C=O) groups excluding carboxylic acids is 1. The number of imidazole rings is 1. The molecular formula is C19H24FN3OS. The molecule has 0 radical (unpaired) electrons. The maximum absolute atomic E-state index is 13.3. The van der Waals surface area contributed by atoms with Crippen LogP contribution in [0.15, 0.2) is 35.6 Å². The van der Waals surface area contributed by atoms with Crippen LogP contribution < -0.4 is 0 Å². The van der Waals surface area contributed by atoms with E-state index in [2.05, 4.69) is 18.8 Å². The summed E-state index contributed by atoms with van der Waals surface area (Å²) in [5, 5.41) is 0.727. The van der Waals surface area contributed by atoms with Crippen LogP contribution in [0.25, 0.3) is 5.69 Å². The van der Waals surface area contributed by atoms with Crippen molar-refractivity contribution in [3.8, 4) is 5.69 Å².